The van der Waals surface area contributed by atoms with E-state index < -0.39 is 9.84 Å². The Hall–Kier alpha value is -0.170. The molecule has 1 aliphatic rings. The maximum absolute atomic E-state index is 11.7. The minimum atomic E-state index is -2.90. The molecule has 1 fully saturated rings. The molecular formula is C15H33N3O2S. The molecule has 1 heterocycles. The molecule has 0 spiro atoms. The highest BCUT2D eigenvalue weighted by molar-refractivity contribution is 7.91. The molecule has 1 N–H and O–H groups in total. The van der Waals surface area contributed by atoms with Gasteiger partial charge in [0.05, 0.1) is 5.75 Å². The first kappa shape index (κ1) is 18.9. The van der Waals surface area contributed by atoms with Crippen molar-refractivity contribution in [2.24, 2.45) is 5.92 Å². The summed E-state index contributed by atoms with van der Waals surface area (Å²) in [5.41, 5.74) is 0. The summed E-state index contributed by atoms with van der Waals surface area (Å²) in [4.78, 5) is 4.90. The lowest BCUT2D eigenvalue weighted by Crippen LogP contribution is -2.54. The van der Waals surface area contributed by atoms with Gasteiger partial charge in [-0.05, 0) is 19.9 Å². The summed E-state index contributed by atoms with van der Waals surface area (Å²) >= 11 is 0. The van der Waals surface area contributed by atoms with Gasteiger partial charge in [-0.1, -0.05) is 20.8 Å². The van der Waals surface area contributed by atoms with E-state index in [1.165, 1.54) is 0 Å². The van der Waals surface area contributed by atoms with Crippen LogP contribution >= 0.6 is 0 Å². The fourth-order valence-electron chi connectivity index (χ4n) is 2.82. The van der Waals surface area contributed by atoms with Crippen LogP contribution in [-0.2, 0) is 9.84 Å². The minimum absolute atomic E-state index is 0.0173. The number of hydrogen-bond acceptors (Lipinski definition) is 5. The number of nitrogens with zero attached hydrogens (tertiary/aromatic N) is 2. The summed E-state index contributed by atoms with van der Waals surface area (Å²) in [7, 11) is -0.737. The lowest BCUT2D eigenvalue weighted by atomic mass is 10.0. The first-order chi connectivity index (χ1) is 9.75. The van der Waals surface area contributed by atoms with E-state index in [-0.39, 0.29) is 17.5 Å². The van der Waals surface area contributed by atoms with E-state index in [1.807, 2.05) is 6.92 Å². The van der Waals surface area contributed by atoms with Gasteiger partial charge in [0.15, 0.2) is 9.84 Å². The zero-order valence-corrected chi connectivity index (χ0v) is 15.1. The zero-order chi connectivity index (χ0) is 16.0. The molecule has 5 nitrogen and oxygen atoms in total. The largest absolute Gasteiger partial charge is 0.312 e. The van der Waals surface area contributed by atoms with Crippen molar-refractivity contribution >= 4 is 9.84 Å². The van der Waals surface area contributed by atoms with Gasteiger partial charge in [0.1, 0.15) is 0 Å². The second kappa shape index (κ2) is 8.46. The van der Waals surface area contributed by atoms with Crippen LogP contribution in [0.3, 0.4) is 0 Å². The van der Waals surface area contributed by atoms with Crippen LogP contribution in [0.1, 0.15) is 27.7 Å². The average Bonchev–Trinajstić information content (AvgIpc) is 2.40. The third kappa shape index (κ3) is 6.63. The SMILES string of the molecule is CCS(=O)(=O)CC(C)NCC(C(C)C)N1CCN(C)CC1. The van der Waals surface area contributed by atoms with Gasteiger partial charge in [-0.2, -0.15) is 0 Å². The molecule has 0 aromatic carbocycles. The Morgan fingerprint density at radius 3 is 2.14 bits per heavy atom. The lowest BCUT2D eigenvalue weighted by Gasteiger charge is -2.40. The Labute approximate surface area is 131 Å². The van der Waals surface area contributed by atoms with Gasteiger partial charge >= 0.3 is 0 Å². The van der Waals surface area contributed by atoms with E-state index in [9.17, 15) is 8.42 Å². The standard InChI is InChI=1S/C15H33N3O2S/c1-6-21(19,20)12-14(4)16-11-15(13(2)3)18-9-7-17(5)8-10-18/h13-16H,6-12H2,1-5H3. The summed E-state index contributed by atoms with van der Waals surface area (Å²) in [5.74, 6) is 1.03. The Morgan fingerprint density at radius 2 is 1.67 bits per heavy atom. The molecule has 1 saturated heterocycles. The van der Waals surface area contributed by atoms with Gasteiger partial charge in [0, 0.05) is 50.6 Å². The summed E-state index contributed by atoms with van der Waals surface area (Å²) in [5, 5.41) is 3.43. The van der Waals surface area contributed by atoms with Crippen LogP contribution in [0, 0.1) is 5.92 Å². The zero-order valence-electron chi connectivity index (χ0n) is 14.3. The molecule has 6 heteroatoms. The van der Waals surface area contributed by atoms with E-state index in [4.69, 9.17) is 0 Å². The van der Waals surface area contributed by atoms with Gasteiger partial charge in [-0.15, -0.1) is 0 Å². The van der Waals surface area contributed by atoms with E-state index in [1.54, 1.807) is 6.92 Å². The van der Waals surface area contributed by atoms with Crippen molar-refractivity contribution in [1.29, 1.82) is 0 Å². The fraction of sp³-hybridized carbons (Fsp3) is 1.00. The fourth-order valence-corrected chi connectivity index (χ4v) is 3.93. The van der Waals surface area contributed by atoms with Crippen LogP contribution in [0.2, 0.25) is 0 Å². The van der Waals surface area contributed by atoms with E-state index in [0.717, 1.165) is 32.7 Å². The van der Waals surface area contributed by atoms with Crippen molar-refractivity contribution < 1.29 is 8.42 Å². The molecular weight excluding hydrogens is 286 g/mol. The van der Waals surface area contributed by atoms with Crippen molar-refractivity contribution in [3.8, 4) is 0 Å². The monoisotopic (exact) mass is 319 g/mol. The second-order valence-electron chi connectivity index (χ2n) is 6.66. The molecule has 1 rings (SSSR count). The van der Waals surface area contributed by atoms with Crippen molar-refractivity contribution in [2.75, 3.05) is 51.3 Å². The van der Waals surface area contributed by atoms with Crippen molar-refractivity contribution in [1.82, 2.24) is 15.1 Å². The molecule has 2 unspecified atom stereocenters. The third-order valence-corrected chi connectivity index (χ3v) is 6.28. The molecule has 2 atom stereocenters. The lowest BCUT2D eigenvalue weighted by molar-refractivity contribution is 0.0867. The average molecular weight is 320 g/mol. The van der Waals surface area contributed by atoms with Crippen LogP contribution in [-0.4, -0.2) is 81.6 Å². The summed E-state index contributed by atoms with van der Waals surface area (Å²) in [6, 6.07) is 0.495. The minimum Gasteiger partial charge on any atom is -0.312 e. The molecule has 0 aliphatic carbocycles. The third-order valence-electron chi connectivity index (χ3n) is 4.40. The number of nitrogens with one attached hydrogen (secondary N) is 1. The van der Waals surface area contributed by atoms with Crippen LogP contribution in [0.15, 0.2) is 0 Å². The molecule has 0 bridgehead atoms. The van der Waals surface area contributed by atoms with Gasteiger partial charge in [0.25, 0.3) is 0 Å². The van der Waals surface area contributed by atoms with E-state index in [0.29, 0.717) is 12.0 Å². The van der Waals surface area contributed by atoms with Crippen LogP contribution < -0.4 is 5.32 Å². The van der Waals surface area contributed by atoms with Gasteiger partial charge in [-0.3, -0.25) is 4.90 Å². The van der Waals surface area contributed by atoms with Gasteiger partial charge in [-0.25, -0.2) is 8.42 Å². The first-order valence-corrected chi connectivity index (χ1v) is 9.93. The predicted octanol–water partition coefficient (Wildman–Crippen LogP) is 0.671. The highest BCUT2D eigenvalue weighted by atomic mass is 32.2. The maximum Gasteiger partial charge on any atom is 0.151 e. The van der Waals surface area contributed by atoms with Crippen LogP contribution in [0.5, 0.6) is 0 Å². The number of hydrogen-bond donors (Lipinski definition) is 1. The summed E-state index contributed by atoms with van der Waals surface area (Å²) in [6.45, 7) is 13.5. The first-order valence-electron chi connectivity index (χ1n) is 8.11. The molecule has 126 valence electrons. The molecule has 0 radical (unpaired) electrons. The molecule has 0 aromatic heterocycles. The van der Waals surface area contributed by atoms with Crippen molar-refractivity contribution in [2.45, 2.75) is 39.8 Å². The van der Waals surface area contributed by atoms with Crippen LogP contribution in [0.25, 0.3) is 0 Å². The molecule has 0 saturated carbocycles. The normalized spacial score (nSPS) is 21.6. The molecule has 21 heavy (non-hydrogen) atoms. The van der Waals surface area contributed by atoms with E-state index >= 15 is 0 Å². The number of sulfone groups is 1. The Morgan fingerprint density at radius 1 is 1.10 bits per heavy atom. The smallest absolute Gasteiger partial charge is 0.151 e. The van der Waals surface area contributed by atoms with Gasteiger partial charge < -0.3 is 10.2 Å². The van der Waals surface area contributed by atoms with E-state index in [2.05, 4.69) is 36.0 Å². The molecule has 0 aromatic rings. The highest BCUT2D eigenvalue weighted by Gasteiger charge is 2.25. The Balaban J connectivity index is 2.48. The Kier molecular flexibility index (Phi) is 7.60. The second-order valence-corrected chi connectivity index (χ2v) is 9.06. The number of likely N-dealkylation sites (N-methyl/N-ethyl adjacent to an activating group) is 1. The predicted molar refractivity (Wildman–Crippen MR) is 89.5 cm³/mol. The number of rotatable bonds is 8. The van der Waals surface area contributed by atoms with Gasteiger partial charge in [0.2, 0.25) is 0 Å². The summed E-state index contributed by atoms with van der Waals surface area (Å²) < 4.78 is 23.3. The quantitative estimate of drug-likeness (QED) is 0.713. The van der Waals surface area contributed by atoms with Crippen molar-refractivity contribution in [3.05, 3.63) is 0 Å². The maximum atomic E-state index is 11.7. The molecule has 0 amide bonds. The number of piperazine rings is 1. The van der Waals surface area contributed by atoms with Crippen LogP contribution in [0.4, 0.5) is 0 Å². The molecule has 1 aliphatic heterocycles. The highest BCUT2D eigenvalue weighted by Crippen LogP contribution is 2.13. The summed E-state index contributed by atoms with van der Waals surface area (Å²) in [6.07, 6.45) is 0. The Bertz CT molecular complexity index is 390. The topological polar surface area (TPSA) is 52.7 Å². The van der Waals surface area contributed by atoms with Crippen molar-refractivity contribution in [3.63, 3.8) is 0 Å².